The van der Waals surface area contributed by atoms with Crippen molar-refractivity contribution < 1.29 is 9.21 Å². The maximum absolute atomic E-state index is 12.3. The Balaban J connectivity index is 1.67. The zero-order chi connectivity index (χ0) is 16.8. The van der Waals surface area contributed by atoms with E-state index in [0.29, 0.717) is 12.4 Å². The molecule has 1 saturated heterocycles. The molecule has 0 unspecified atom stereocenters. The van der Waals surface area contributed by atoms with Gasteiger partial charge in [-0.05, 0) is 19.1 Å². The predicted octanol–water partition coefficient (Wildman–Crippen LogP) is 2.25. The number of anilines is 1. The lowest BCUT2D eigenvalue weighted by Crippen LogP contribution is -2.30. The van der Waals surface area contributed by atoms with Crippen LogP contribution in [0.2, 0.25) is 0 Å². The van der Waals surface area contributed by atoms with Crippen molar-refractivity contribution in [2.24, 2.45) is 7.05 Å². The van der Waals surface area contributed by atoms with Crippen molar-refractivity contribution in [3.63, 3.8) is 0 Å². The number of aromatic nitrogens is 3. The van der Waals surface area contributed by atoms with E-state index in [0.717, 1.165) is 22.4 Å². The third-order valence-electron chi connectivity index (χ3n) is 4.78. The summed E-state index contributed by atoms with van der Waals surface area (Å²) in [6, 6.07) is 7.84. The Kier molecular flexibility index (Phi) is 3.30. The number of aryl methyl sites for hydroxylation is 1. The molecule has 2 aromatic heterocycles. The van der Waals surface area contributed by atoms with Crippen molar-refractivity contribution >= 4 is 23.0 Å². The number of hydrogen-bond acceptors (Lipinski definition) is 5. The number of nitrogens with one attached hydrogen (secondary N) is 1. The molecule has 0 radical (unpaired) electrons. The van der Waals surface area contributed by atoms with E-state index >= 15 is 0 Å². The first kappa shape index (κ1) is 14.7. The van der Waals surface area contributed by atoms with Crippen LogP contribution in [0.25, 0.3) is 11.1 Å². The number of hydrogen-bond donors (Lipinski definition) is 1. The summed E-state index contributed by atoms with van der Waals surface area (Å²) < 4.78 is 7.57. The second-order valence-electron chi connectivity index (χ2n) is 6.20. The fraction of sp³-hybridized carbons (Fsp3) is 0.353. The van der Waals surface area contributed by atoms with Crippen LogP contribution in [0, 0.1) is 6.92 Å². The van der Waals surface area contributed by atoms with Crippen molar-refractivity contribution in [1.82, 2.24) is 19.7 Å². The Morgan fingerprint density at radius 2 is 2.08 bits per heavy atom. The third-order valence-corrected chi connectivity index (χ3v) is 4.78. The molecule has 124 valence electrons. The third kappa shape index (κ3) is 2.24. The highest BCUT2D eigenvalue weighted by Crippen LogP contribution is 2.35. The quantitative estimate of drug-likeness (QED) is 0.799. The van der Waals surface area contributed by atoms with Gasteiger partial charge in [0.25, 0.3) is 6.01 Å². The fourth-order valence-electron chi connectivity index (χ4n) is 3.32. The molecule has 3 heterocycles. The van der Waals surface area contributed by atoms with E-state index in [4.69, 9.17) is 4.42 Å². The second kappa shape index (κ2) is 5.36. The number of carbonyl (C=O) groups excluding carboxylic acids is 1. The summed E-state index contributed by atoms with van der Waals surface area (Å²) in [6.07, 6.45) is 2.23. The van der Waals surface area contributed by atoms with Gasteiger partial charge in [-0.25, -0.2) is 0 Å². The molecule has 24 heavy (non-hydrogen) atoms. The van der Waals surface area contributed by atoms with Crippen LogP contribution in [-0.4, -0.2) is 38.7 Å². The first-order chi connectivity index (χ1) is 11.5. The van der Waals surface area contributed by atoms with Crippen LogP contribution >= 0.6 is 0 Å². The van der Waals surface area contributed by atoms with E-state index in [9.17, 15) is 4.79 Å². The molecule has 1 fully saturated rings. The van der Waals surface area contributed by atoms with E-state index in [1.54, 1.807) is 4.90 Å². The van der Waals surface area contributed by atoms with E-state index in [-0.39, 0.29) is 18.0 Å². The molecule has 7 nitrogen and oxygen atoms in total. The minimum absolute atomic E-state index is 0.0943. The number of para-hydroxylation sites is 2. The summed E-state index contributed by atoms with van der Waals surface area (Å²) in [5.74, 6) is 0.0943. The molecule has 0 aliphatic carbocycles. The minimum Gasteiger partial charge on any atom is -0.424 e. The summed E-state index contributed by atoms with van der Waals surface area (Å²) in [5.41, 5.74) is 3.61. The van der Waals surface area contributed by atoms with Crippen LogP contribution in [0.15, 0.2) is 34.9 Å². The molecule has 1 amide bonds. The molecule has 4 rings (SSSR count). The number of carbonyl (C=O) groups is 1. The summed E-state index contributed by atoms with van der Waals surface area (Å²) in [4.78, 5) is 18.5. The average molecular weight is 325 g/mol. The Labute approximate surface area is 139 Å². The topological polar surface area (TPSA) is 76.2 Å². The van der Waals surface area contributed by atoms with Gasteiger partial charge < -0.3 is 14.6 Å². The molecule has 0 spiro atoms. The van der Waals surface area contributed by atoms with E-state index in [1.807, 2.05) is 56.2 Å². The Morgan fingerprint density at radius 1 is 1.29 bits per heavy atom. The van der Waals surface area contributed by atoms with Gasteiger partial charge in [-0.2, -0.15) is 10.1 Å². The Morgan fingerprint density at radius 3 is 2.79 bits per heavy atom. The summed E-state index contributed by atoms with van der Waals surface area (Å²) in [7, 11) is 3.73. The Bertz CT molecular complexity index is 880. The maximum Gasteiger partial charge on any atom is 0.296 e. The van der Waals surface area contributed by atoms with Gasteiger partial charge in [0.15, 0.2) is 5.58 Å². The number of oxazole rings is 1. The molecular formula is C17H19N5O2. The highest BCUT2D eigenvalue weighted by atomic mass is 16.4. The van der Waals surface area contributed by atoms with Gasteiger partial charge in [-0.1, -0.05) is 12.1 Å². The first-order valence-electron chi connectivity index (χ1n) is 7.91. The highest BCUT2D eigenvalue weighted by molar-refractivity contribution is 5.81. The molecule has 1 N–H and O–H groups in total. The summed E-state index contributed by atoms with van der Waals surface area (Å²) in [5, 5.41) is 7.61. The number of nitrogens with zero attached hydrogens (tertiary/aromatic N) is 4. The van der Waals surface area contributed by atoms with Crippen molar-refractivity contribution in [2.45, 2.75) is 25.4 Å². The van der Waals surface area contributed by atoms with Gasteiger partial charge in [0, 0.05) is 31.8 Å². The monoisotopic (exact) mass is 325 g/mol. The molecule has 7 heteroatoms. The van der Waals surface area contributed by atoms with Crippen molar-refractivity contribution in [3.05, 3.63) is 41.7 Å². The molecule has 1 aliphatic heterocycles. The molecular weight excluding hydrogens is 306 g/mol. The number of rotatable bonds is 3. The number of benzene rings is 1. The minimum atomic E-state index is -0.113. The van der Waals surface area contributed by atoms with Crippen LogP contribution in [-0.2, 0) is 11.8 Å². The van der Waals surface area contributed by atoms with Gasteiger partial charge in [0.1, 0.15) is 5.52 Å². The van der Waals surface area contributed by atoms with Crippen LogP contribution in [0.1, 0.15) is 23.7 Å². The van der Waals surface area contributed by atoms with Gasteiger partial charge in [-0.15, -0.1) is 0 Å². The van der Waals surface area contributed by atoms with Crippen molar-refractivity contribution in [3.8, 4) is 0 Å². The maximum atomic E-state index is 12.3. The lowest BCUT2D eigenvalue weighted by molar-refractivity contribution is -0.127. The van der Waals surface area contributed by atoms with Crippen LogP contribution in [0.3, 0.4) is 0 Å². The largest absolute Gasteiger partial charge is 0.424 e. The van der Waals surface area contributed by atoms with Gasteiger partial charge in [0.2, 0.25) is 5.91 Å². The van der Waals surface area contributed by atoms with Gasteiger partial charge in [-0.3, -0.25) is 9.48 Å². The average Bonchev–Trinajstić information content (AvgIpc) is 3.19. The van der Waals surface area contributed by atoms with E-state index < -0.39 is 0 Å². The zero-order valence-corrected chi connectivity index (χ0v) is 13.9. The lowest BCUT2D eigenvalue weighted by Gasteiger charge is -2.25. The fourth-order valence-corrected chi connectivity index (χ4v) is 3.32. The summed E-state index contributed by atoms with van der Waals surface area (Å²) >= 11 is 0. The molecule has 3 aromatic rings. The smallest absolute Gasteiger partial charge is 0.296 e. The number of amides is 1. The summed E-state index contributed by atoms with van der Waals surface area (Å²) in [6.45, 7) is 2.01. The number of fused-ring (bicyclic) bond motifs is 1. The van der Waals surface area contributed by atoms with E-state index in [1.165, 1.54) is 0 Å². The predicted molar refractivity (Wildman–Crippen MR) is 89.5 cm³/mol. The van der Waals surface area contributed by atoms with Crippen molar-refractivity contribution in [1.29, 1.82) is 0 Å². The number of likely N-dealkylation sites (N-methyl/N-ethyl adjacent to an activating group) is 1. The van der Waals surface area contributed by atoms with Gasteiger partial charge in [0.05, 0.1) is 18.3 Å². The first-order valence-corrected chi connectivity index (χ1v) is 7.91. The standard InChI is InChI=1S/C17H19N5O2/c1-10-11(9-18-22(10)3)16-13(8-15(23)21(16)2)20-17-19-12-6-4-5-7-14(12)24-17/h4-7,9,13,16H,8H2,1-3H3,(H,19,20)/t13-,16+/m1/s1. The molecule has 0 bridgehead atoms. The zero-order valence-electron chi connectivity index (χ0n) is 13.9. The van der Waals surface area contributed by atoms with Crippen LogP contribution in [0.4, 0.5) is 6.01 Å². The van der Waals surface area contributed by atoms with Gasteiger partial charge >= 0.3 is 0 Å². The van der Waals surface area contributed by atoms with Crippen LogP contribution < -0.4 is 5.32 Å². The van der Waals surface area contributed by atoms with Crippen LogP contribution in [0.5, 0.6) is 0 Å². The molecule has 2 atom stereocenters. The van der Waals surface area contributed by atoms with E-state index in [2.05, 4.69) is 15.4 Å². The highest BCUT2D eigenvalue weighted by Gasteiger charge is 2.40. The lowest BCUT2D eigenvalue weighted by atomic mass is 10.0. The SMILES string of the molecule is Cc1c([C@H]2[C@H](Nc3nc4ccccc4o3)CC(=O)N2C)cnn1C. The molecule has 1 aromatic carbocycles. The van der Waals surface area contributed by atoms with Crippen molar-refractivity contribution in [2.75, 3.05) is 12.4 Å². The normalized spacial score (nSPS) is 21.0. The Hall–Kier alpha value is -2.83. The molecule has 0 saturated carbocycles. The molecule has 1 aliphatic rings. The number of likely N-dealkylation sites (tertiary alicyclic amines) is 1. The second-order valence-corrected chi connectivity index (χ2v) is 6.20.